The molecule has 1 saturated carbocycles. The number of benzene rings is 1. The molecular formula is C19H21N3O4S. The van der Waals surface area contributed by atoms with E-state index in [0.717, 1.165) is 0 Å². The van der Waals surface area contributed by atoms with Crippen LogP contribution in [0.1, 0.15) is 35.4 Å². The zero-order valence-corrected chi connectivity index (χ0v) is 15.4. The van der Waals surface area contributed by atoms with Crippen molar-refractivity contribution in [2.24, 2.45) is 5.92 Å². The molecule has 0 aliphatic heterocycles. The summed E-state index contributed by atoms with van der Waals surface area (Å²) in [5.74, 6) is -1.27. The van der Waals surface area contributed by atoms with Crippen molar-refractivity contribution in [2.75, 3.05) is 10.6 Å². The quantitative estimate of drug-likeness (QED) is 0.626. The van der Waals surface area contributed by atoms with Gasteiger partial charge in [0, 0.05) is 11.7 Å². The molecule has 142 valence electrons. The van der Waals surface area contributed by atoms with E-state index in [1.807, 2.05) is 18.2 Å². The average Bonchev–Trinajstić information content (AvgIpc) is 3.11. The van der Waals surface area contributed by atoms with Gasteiger partial charge in [-0.2, -0.15) is 0 Å². The third kappa shape index (κ3) is 5.30. The minimum absolute atomic E-state index is 0.00649. The minimum Gasteiger partial charge on any atom is -0.481 e. The zero-order valence-electron chi connectivity index (χ0n) is 14.6. The lowest BCUT2D eigenvalue weighted by Gasteiger charge is -2.26. The van der Waals surface area contributed by atoms with E-state index in [1.165, 1.54) is 11.3 Å². The lowest BCUT2D eigenvalue weighted by atomic mass is 9.86. The average molecular weight is 387 g/mol. The number of urea groups is 1. The van der Waals surface area contributed by atoms with Crippen molar-refractivity contribution < 1.29 is 19.5 Å². The van der Waals surface area contributed by atoms with Gasteiger partial charge in [-0.15, -0.1) is 11.3 Å². The first-order valence-corrected chi connectivity index (χ1v) is 9.59. The van der Waals surface area contributed by atoms with Crippen LogP contribution in [0.15, 0.2) is 42.5 Å². The normalized spacial score (nSPS) is 19.1. The van der Waals surface area contributed by atoms with Gasteiger partial charge < -0.3 is 15.7 Å². The lowest BCUT2D eigenvalue weighted by molar-refractivity contribution is -0.142. The summed E-state index contributed by atoms with van der Waals surface area (Å²) >= 11 is 1.20. The number of aliphatic carboxylic acids is 1. The molecule has 1 aliphatic carbocycles. The van der Waals surface area contributed by atoms with Crippen LogP contribution < -0.4 is 16.0 Å². The zero-order chi connectivity index (χ0) is 19.2. The predicted molar refractivity (Wildman–Crippen MR) is 104 cm³/mol. The van der Waals surface area contributed by atoms with Crippen molar-refractivity contribution in [1.82, 2.24) is 5.32 Å². The first-order chi connectivity index (χ1) is 13.0. The van der Waals surface area contributed by atoms with Crippen molar-refractivity contribution in [3.05, 3.63) is 47.3 Å². The maximum Gasteiger partial charge on any atom is 0.324 e. The number of carboxylic acids is 1. The summed E-state index contributed by atoms with van der Waals surface area (Å²) in [6, 6.07) is 12.1. The second kappa shape index (κ2) is 8.68. The highest BCUT2D eigenvalue weighted by Crippen LogP contribution is 2.26. The Bertz CT molecular complexity index is 813. The molecule has 1 fully saturated rings. The van der Waals surface area contributed by atoms with Crippen LogP contribution in [0.5, 0.6) is 0 Å². The molecule has 27 heavy (non-hydrogen) atoms. The summed E-state index contributed by atoms with van der Waals surface area (Å²) in [5, 5.41) is 18.0. The van der Waals surface area contributed by atoms with Crippen LogP contribution in [-0.4, -0.2) is 29.1 Å². The molecular weight excluding hydrogens is 366 g/mol. The van der Waals surface area contributed by atoms with E-state index >= 15 is 0 Å². The number of amides is 3. The maximum absolute atomic E-state index is 12.4. The molecule has 3 rings (SSSR count). The molecule has 2 aromatic rings. The Morgan fingerprint density at radius 3 is 2.30 bits per heavy atom. The van der Waals surface area contributed by atoms with Crippen molar-refractivity contribution in [1.29, 1.82) is 0 Å². The highest BCUT2D eigenvalue weighted by atomic mass is 32.1. The van der Waals surface area contributed by atoms with Crippen LogP contribution in [0, 0.1) is 5.92 Å². The molecule has 0 bridgehead atoms. The predicted octanol–water partition coefficient (Wildman–Crippen LogP) is 3.77. The van der Waals surface area contributed by atoms with Crippen LogP contribution in [0.2, 0.25) is 0 Å². The molecule has 1 heterocycles. The van der Waals surface area contributed by atoms with Gasteiger partial charge in [0.05, 0.1) is 15.8 Å². The van der Waals surface area contributed by atoms with E-state index in [1.54, 1.807) is 24.3 Å². The van der Waals surface area contributed by atoms with Gasteiger partial charge in [0.15, 0.2) is 0 Å². The first kappa shape index (κ1) is 18.9. The number of hydrogen-bond donors (Lipinski definition) is 4. The van der Waals surface area contributed by atoms with Crippen LogP contribution in [0.25, 0.3) is 0 Å². The number of nitrogens with one attached hydrogen (secondary N) is 3. The van der Waals surface area contributed by atoms with E-state index in [0.29, 0.717) is 41.2 Å². The standard InChI is InChI=1S/C19H21N3O4S/c23-17(20-14-8-6-12(7-9-14)18(24)25)15-10-11-16(27-15)22-19(26)21-13-4-2-1-3-5-13/h1-5,10-12,14H,6-9H2,(H,20,23)(H,24,25)(H2,21,22,26). The van der Waals surface area contributed by atoms with Crippen molar-refractivity contribution in [2.45, 2.75) is 31.7 Å². The number of carbonyl (C=O) groups is 3. The Kier molecular flexibility index (Phi) is 6.08. The fraction of sp³-hybridized carbons (Fsp3) is 0.316. The number of anilines is 2. The van der Waals surface area contributed by atoms with Gasteiger partial charge in [-0.3, -0.25) is 14.9 Å². The highest BCUT2D eigenvalue weighted by molar-refractivity contribution is 7.18. The second-order valence-corrected chi connectivity index (χ2v) is 7.55. The molecule has 0 unspecified atom stereocenters. The molecule has 0 radical (unpaired) electrons. The number of para-hydroxylation sites is 1. The number of carbonyl (C=O) groups excluding carboxylic acids is 2. The van der Waals surface area contributed by atoms with Gasteiger partial charge >= 0.3 is 12.0 Å². The van der Waals surface area contributed by atoms with Gasteiger partial charge in [-0.05, 0) is 49.9 Å². The summed E-state index contributed by atoms with van der Waals surface area (Å²) in [6.07, 6.45) is 2.49. The van der Waals surface area contributed by atoms with Crippen molar-refractivity contribution in [3.63, 3.8) is 0 Å². The lowest BCUT2D eigenvalue weighted by Crippen LogP contribution is -2.38. The van der Waals surface area contributed by atoms with Crippen LogP contribution in [-0.2, 0) is 4.79 Å². The van der Waals surface area contributed by atoms with Crippen LogP contribution in [0.4, 0.5) is 15.5 Å². The van der Waals surface area contributed by atoms with Crippen molar-refractivity contribution >= 4 is 39.9 Å². The van der Waals surface area contributed by atoms with Gasteiger partial charge in [-0.25, -0.2) is 4.79 Å². The molecule has 0 saturated heterocycles. The number of hydrogen-bond acceptors (Lipinski definition) is 4. The van der Waals surface area contributed by atoms with E-state index in [2.05, 4.69) is 16.0 Å². The highest BCUT2D eigenvalue weighted by Gasteiger charge is 2.27. The van der Waals surface area contributed by atoms with E-state index in [4.69, 9.17) is 5.11 Å². The Balaban J connectivity index is 1.49. The Morgan fingerprint density at radius 2 is 1.63 bits per heavy atom. The fourth-order valence-electron chi connectivity index (χ4n) is 3.06. The molecule has 4 N–H and O–H groups in total. The number of thiophene rings is 1. The molecule has 1 aromatic heterocycles. The SMILES string of the molecule is O=C(Nc1ccccc1)Nc1ccc(C(=O)NC2CCC(C(=O)O)CC2)s1. The Labute approximate surface area is 160 Å². The molecule has 3 amide bonds. The monoisotopic (exact) mass is 387 g/mol. The van der Waals surface area contributed by atoms with Gasteiger partial charge in [0.25, 0.3) is 5.91 Å². The van der Waals surface area contributed by atoms with Gasteiger partial charge in [0.2, 0.25) is 0 Å². The fourth-order valence-corrected chi connectivity index (χ4v) is 3.87. The molecule has 7 nitrogen and oxygen atoms in total. The summed E-state index contributed by atoms with van der Waals surface area (Å²) in [5.41, 5.74) is 0.682. The van der Waals surface area contributed by atoms with Crippen molar-refractivity contribution in [3.8, 4) is 0 Å². The van der Waals surface area contributed by atoms with Crippen LogP contribution in [0.3, 0.4) is 0 Å². The van der Waals surface area contributed by atoms with Gasteiger partial charge in [-0.1, -0.05) is 18.2 Å². The second-order valence-electron chi connectivity index (χ2n) is 6.47. The van der Waals surface area contributed by atoms with E-state index in [9.17, 15) is 14.4 Å². The third-order valence-electron chi connectivity index (χ3n) is 4.51. The minimum atomic E-state index is -0.762. The molecule has 8 heteroatoms. The third-order valence-corrected chi connectivity index (χ3v) is 5.51. The smallest absolute Gasteiger partial charge is 0.324 e. The summed E-state index contributed by atoms with van der Waals surface area (Å²) in [6.45, 7) is 0. The Hall–Kier alpha value is -2.87. The molecule has 0 atom stereocenters. The maximum atomic E-state index is 12.4. The molecule has 0 spiro atoms. The van der Waals surface area contributed by atoms with Gasteiger partial charge in [0.1, 0.15) is 0 Å². The topological polar surface area (TPSA) is 108 Å². The first-order valence-electron chi connectivity index (χ1n) is 8.78. The summed E-state index contributed by atoms with van der Waals surface area (Å²) in [4.78, 5) is 35.9. The van der Waals surface area contributed by atoms with E-state index < -0.39 is 5.97 Å². The number of carboxylic acid groups (broad SMARTS) is 1. The van der Waals surface area contributed by atoms with E-state index in [-0.39, 0.29) is 23.9 Å². The Morgan fingerprint density at radius 1 is 0.926 bits per heavy atom. The summed E-state index contributed by atoms with van der Waals surface area (Å²) < 4.78 is 0. The summed E-state index contributed by atoms with van der Waals surface area (Å²) in [7, 11) is 0. The molecule has 1 aromatic carbocycles. The largest absolute Gasteiger partial charge is 0.481 e. The van der Waals surface area contributed by atoms with Crippen LogP contribution >= 0.6 is 11.3 Å². The molecule has 1 aliphatic rings. The number of rotatable bonds is 5.